The monoisotopic (exact) mass is 440 g/mol. The van der Waals surface area contributed by atoms with Crippen molar-refractivity contribution in [1.82, 2.24) is 9.88 Å². The average Bonchev–Trinajstić information content (AvgIpc) is 3.30. The molecule has 2 heterocycles. The molecular formula is C26H36N2O4. The van der Waals surface area contributed by atoms with E-state index in [1.807, 2.05) is 24.3 Å². The number of rotatable bonds is 9. The molecule has 32 heavy (non-hydrogen) atoms. The molecule has 1 saturated carbocycles. The van der Waals surface area contributed by atoms with Crippen LogP contribution in [0, 0.1) is 17.8 Å². The number of hydrogen-bond acceptors (Lipinski definition) is 5. The average molecular weight is 441 g/mol. The third-order valence-electron chi connectivity index (χ3n) is 7.56. The van der Waals surface area contributed by atoms with Crippen LogP contribution >= 0.6 is 0 Å². The normalized spacial score (nSPS) is 23.4. The van der Waals surface area contributed by atoms with Gasteiger partial charge in [0, 0.05) is 31.1 Å². The lowest BCUT2D eigenvalue weighted by Crippen LogP contribution is -2.43. The predicted molar refractivity (Wildman–Crippen MR) is 125 cm³/mol. The number of carbonyl (C=O) groups is 1. The number of piperidine rings is 1. The van der Waals surface area contributed by atoms with Gasteiger partial charge in [-0.3, -0.25) is 9.78 Å². The van der Waals surface area contributed by atoms with Crippen molar-refractivity contribution in [2.24, 2.45) is 17.8 Å². The molecule has 1 aliphatic heterocycles. The molecule has 2 aromatic rings. The van der Waals surface area contributed by atoms with Gasteiger partial charge in [-0.25, -0.2) is 0 Å². The van der Waals surface area contributed by atoms with Gasteiger partial charge in [-0.05, 0) is 86.2 Å². The first-order valence-corrected chi connectivity index (χ1v) is 12.1. The first kappa shape index (κ1) is 23.0. The summed E-state index contributed by atoms with van der Waals surface area (Å²) in [4.78, 5) is 18.5. The van der Waals surface area contributed by atoms with Crippen molar-refractivity contribution in [3.05, 3.63) is 36.0 Å². The molecule has 174 valence electrons. The molecule has 0 unspecified atom stereocenters. The van der Waals surface area contributed by atoms with Gasteiger partial charge >= 0.3 is 5.97 Å². The van der Waals surface area contributed by atoms with E-state index in [-0.39, 0.29) is 12.3 Å². The molecule has 4 rings (SSSR count). The van der Waals surface area contributed by atoms with Crippen molar-refractivity contribution in [2.45, 2.75) is 57.5 Å². The van der Waals surface area contributed by atoms with E-state index in [4.69, 9.17) is 4.74 Å². The number of likely N-dealkylation sites (tertiary alicyclic amines) is 1. The third-order valence-corrected chi connectivity index (χ3v) is 7.56. The van der Waals surface area contributed by atoms with Crippen molar-refractivity contribution < 1.29 is 19.7 Å². The van der Waals surface area contributed by atoms with E-state index in [0.717, 1.165) is 60.6 Å². The van der Waals surface area contributed by atoms with Gasteiger partial charge in [-0.1, -0.05) is 12.8 Å². The number of aliphatic carboxylic acids is 1. The van der Waals surface area contributed by atoms with Crippen LogP contribution in [0.25, 0.3) is 10.9 Å². The maximum atomic E-state index is 11.5. The lowest BCUT2D eigenvalue weighted by Gasteiger charge is -2.39. The Balaban J connectivity index is 1.40. The topological polar surface area (TPSA) is 82.9 Å². The molecule has 1 aliphatic carbocycles. The summed E-state index contributed by atoms with van der Waals surface area (Å²) in [6.07, 6.45) is 9.15. The van der Waals surface area contributed by atoms with E-state index in [0.29, 0.717) is 12.3 Å². The van der Waals surface area contributed by atoms with E-state index in [1.54, 1.807) is 13.3 Å². The van der Waals surface area contributed by atoms with Gasteiger partial charge in [-0.15, -0.1) is 0 Å². The summed E-state index contributed by atoms with van der Waals surface area (Å²) in [6, 6.07) is 7.59. The summed E-state index contributed by atoms with van der Waals surface area (Å²) in [5.74, 6) is 1.31. The quantitative estimate of drug-likeness (QED) is 0.590. The summed E-state index contributed by atoms with van der Waals surface area (Å²) in [5, 5.41) is 21.4. The Morgan fingerprint density at radius 2 is 2.03 bits per heavy atom. The number of ether oxygens (including phenoxy) is 1. The molecule has 0 radical (unpaired) electrons. The molecule has 0 spiro atoms. The minimum atomic E-state index is -0.713. The summed E-state index contributed by atoms with van der Waals surface area (Å²) in [6.45, 7) is 3.04. The molecular weight excluding hydrogens is 404 g/mol. The van der Waals surface area contributed by atoms with Gasteiger partial charge < -0.3 is 19.8 Å². The molecule has 2 fully saturated rings. The van der Waals surface area contributed by atoms with E-state index >= 15 is 0 Å². The largest absolute Gasteiger partial charge is 0.497 e. The van der Waals surface area contributed by atoms with Crippen LogP contribution in [0.3, 0.4) is 0 Å². The van der Waals surface area contributed by atoms with Crippen LogP contribution in [0.2, 0.25) is 0 Å². The van der Waals surface area contributed by atoms with Gasteiger partial charge in [0.1, 0.15) is 5.75 Å². The minimum absolute atomic E-state index is 0.157. The third kappa shape index (κ3) is 5.59. The molecule has 2 aliphatic rings. The fourth-order valence-corrected chi connectivity index (χ4v) is 5.81. The van der Waals surface area contributed by atoms with Crippen molar-refractivity contribution in [2.75, 3.05) is 26.7 Å². The molecule has 2 N–H and O–H groups in total. The van der Waals surface area contributed by atoms with Crippen LogP contribution in [0.5, 0.6) is 5.75 Å². The number of aromatic nitrogens is 1. The highest BCUT2D eigenvalue weighted by Crippen LogP contribution is 2.36. The SMILES string of the molecule is COc1ccc2nccc([C@@H](O)CC[C@@H]3CCN(CC4CCCC4)C[C@@H]3CC(=O)O)c2c1. The van der Waals surface area contributed by atoms with E-state index in [1.165, 1.54) is 25.7 Å². The number of methoxy groups -OCH3 is 1. The van der Waals surface area contributed by atoms with Crippen LogP contribution in [0.15, 0.2) is 30.5 Å². The first-order valence-electron chi connectivity index (χ1n) is 12.1. The highest BCUT2D eigenvalue weighted by atomic mass is 16.5. The number of benzene rings is 1. The number of aliphatic hydroxyl groups is 1. The van der Waals surface area contributed by atoms with E-state index in [9.17, 15) is 15.0 Å². The summed E-state index contributed by atoms with van der Waals surface area (Å²) in [5.41, 5.74) is 1.70. The van der Waals surface area contributed by atoms with Crippen LogP contribution in [-0.4, -0.2) is 52.8 Å². The standard InChI is InChI=1S/C26H36N2O4/c1-32-21-7-8-24-23(15-21)22(10-12-27-24)25(29)9-6-19-11-13-28(16-18-4-2-3-5-18)17-20(19)14-26(30)31/h7-8,10,12,15,18-20,25,29H,2-6,9,11,13-14,16-17H2,1H3,(H,30,31)/t19-,20+,25+/m1/s1. The van der Waals surface area contributed by atoms with E-state index in [2.05, 4.69) is 9.88 Å². The van der Waals surface area contributed by atoms with Gasteiger partial charge in [0.05, 0.1) is 18.7 Å². The van der Waals surface area contributed by atoms with Crippen molar-refractivity contribution in [1.29, 1.82) is 0 Å². The Morgan fingerprint density at radius 3 is 2.78 bits per heavy atom. The second-order valence-electron chi connectivity index (χ2n) is 9.69. The highest BCUT2D eigenvalue weighted by molar-refractivity contribution is 5.83. The number of fused-ring (bicyclic) bond motifs is 1. The van der Waals surface area contributed by atoms with E-state index < -0.39 is 12.1 Å². The van der Waals surface area contributed by atoms with Crippen LogP contribution in [-0.2, 0) is 4.79 Å². The Bertz CT molecular complexity index is 912. The minimum Gasteiger partial charge on any atom is -0.497 e. The van der Waals surface area contributed by atoms with Gasteiger partial charge in [0.2, 0.25) is 0 Å². The molecule has 1 aromatic carbocycles. The summed E-state index contributed by atoms with van der Waals surface area (Å²) >= 11 is 0. The van der Waals surface area contributed by atoms with Crippen molar-refractivity contribution in [3.8, 4) is 5.75 Å². The fraction of sp³-hybridized carbons (Fsp3) is 0.615. The van der Waals surface area contributed by atoms with Crippen LogP contribution in [0.4, 0.5) is 0 Å². The zero-order valence-electron chi connectivity index (χ0n) is 19.1. The van der Waals surface area contributed by atoms with Crippen molar-refractivity contribution >= 4 is 16.9 Å². The Morgan fingerprint density at radius 1 is 1.22 bits per heavy atom. The lowest BCUT2D eigenvalue weighted by molar-refractivity contribution is -0.139. The molecule has 1 saturated heterocycles. The number of pyridine rings is 1. The van der Waals surface area contributed by atoms with Gasteiger partial charge in [-0.2, -0.15) is 0 Å². The Labute approximate surface area is 190 Å². The molecule has 0 bridgehead atoms. The second-order valence-corrected chi connectivity index (χ2v) is 9.69. The van der Waals surface area contributed by atoms with Gasteiger partial charge in [0.15, 0.2) is 0 Å². The predicted octanol–water partition coefficient (Wildman–Crippen LogP) is 4.66. The number of aliphatic hydroxyl groups excluding tert-OH is 1. The first-order chi connectivity index (χ1) is 15.5. The molecule has 1 aromatic heterocycles. The molecule has 6 nitrogen and oxygen atoms in total. The zero-order valence-corrected chi connectivity index (χ0v) is 19.1. The van der Waals surface area contributed by atoms with Crippen molar-refractivity contribution in [3.63, 3.8) is 0 Å². The maximum Gasteiger partial charge on any atom is 0.303 e. The summed E-state index contributed by atoms with van der Waals surface area (Å²) < 4.78 is 5.35. The smallest absolute Gasteiger partial charge is 0.303 e. The molecule has 6 heteroatoms. The van der Waals surface area contributed by atoms with Crippen LogP contribution < -0.4 is 4.74 Å². The number of hydrogen-bond donors (Lipinski definition) is 2. The molecule has 3 atom stereocenters. The molecule has 0 amide bonds. The number of nitrogens with zero attached hydrogens (tertiary/aromatic N) is 2. The highest BCUT2D eigenvalue weighted by Gasteiger charge is 2.32. The van der Waals surface area contributed by atoms with Gasteiger partial charge in [0.25, 0.3) is 0 Å². The Kier molecular flexibility index (Phi) is 7.63. The Hall–Kier alpha value is -2.18. The fourth-order valence-electron chi connectivity index (χ4n) is 5.81. The number of carboxylic acids is 1. The summed E-state index contributed by atoms with van der Waals surface area (Å²) in [7, 11) is 1.63. The maximum absolute atomic E-state index is 11.5. The zero-order chi connectivity index (χ0) is 22.5. The second kappa shape index (κ2) is 10.6. The number of carboxylic acid groups (broad SMARTS) is 1. The lowest BCUT2D eigenvalue weighted by atomic mass is 9.79. The van der Waals surface area contributed by atoms with Crippen LogP contribution in [0.1, 0.15) is 63.0 Å².